The van der Waals surface area contributed by atoms with Gasteiger partial charge in [0.2, 0.25) is 5.88 Å². The van der Waals surface area contributed by atoms with Crippen molar-refractivity contribution < 1.29 is 17.9 Å². The van der Waals surface area contributed by atoms with E-state index in [4.69, 9.17) is 4.74 Å². The van der Waals surface area contributed by atoms with E-state index in [0.717, 1.165) is 43.8 Å². The van der Waals surface area contributed by atoms with Crippen molar-refractivity contribution in [2.75, 3.05) is 11.4 Å². The standard InChI is InChI=1S/C17H16F3N3O2/c18-12-5-10(6-13(19)16(12)20)9-25-14-7-15-22-4-2-1-3-11(22)8-23(15)17(24)21-14/h5-7,11H,1-4,8-9H2/t11-/m0/s1. The highest BCUT2D eigenvalue weighted by atomic mass is 19.2. The molecule has 0 N–H and O–H groups in total. The van der Waals surface area contributed by atoms with Crippen LogP contribution in [0.3, 0.4) is 0 Å². The minimum Gasteiger partial charge on any atom is -0.473 e. The number of nitrogens with zero attached hydrogens (tertiary/aromatic N) is 3. The summed E-state index contributed by atoms with van der Waals surface area (Å²) in [6.45, 7) is 1.28. The number of hydrogen-bond acceptors (Lipinski definition) is 4. The van der Waals surface area contributed by atoms with Gasteiger partial charge in [0.15, 0.2) is 17.5 Å². The van der Waals surface area contributed by atoms with Gasteiger partial charge in [0.05, 0.1) is 0 Å². The molecule has 2 aliphatic heterocycles. The number of rotatable bonds is 3. The highest BCUT2D eigenvalue weighted by Crippen LogP contribution is 2.32. The summed E-state index contributed by atoms with van der Waals surface area (Å²) in [4.78, 5) is 18.3. The number of anilines is 1. The molecule has 0 amide bonds. The van der Waals surface area contributed by atoms with Crippen LogP contribution >= 0.6 is 0 Å². The molecule has 1 atom stereocenters. The number of benzene rings is 1. The minimum absolute atomic E-state index is 0.0904. The molecular weight excluding hydrogens is 335 g/mol. The predicted molar refractivity (Wildman–Crippen MR) is 84.1 cm³/mol. The van der Waals surface area contributed by atoms with Crippen LogP contribution in [-0.2, 0) is 13.2 Å². The Morgan fingerprint density at radius 1 is 1.16 bits per heavy atom. The van der Waals surface area contributed by atoms with Crippen LogP contribution in [0.25, 0.3) is 0 Å². The molecular formula is C17H16F3N3O2. The molecule has 4 rings (SSSR count). The molecule has 0 radical (unpaired) electrons. The average Bonchev–Trinajstić information content (AvgIpc) is 2.97. The SMILES string of the molecule is O=c1nc(OCc2cc(F)c(F)c(F)c2)cc2n1C[C@@H]1CCCCN21. The van der Waals surface area contributed by atoms with E-state index in [-0.39, 0.29) is 18.1 Å². The third-order valence-corrected chi connectivity index (χ3v) is 4.71. The van der Waals surface area contributed by atoms with Crippen molar-refractivity contribution in [1.29, 1.82) is 0 Å². The molecule has 0 unspecified atom stereocenters. The van der Waals surface area contributed by atoms with Crippen LogP contribution in [0.4, 0.5) is 19.0 Å². The van der Waals surface area contributed by atoms with Crippen molar-refractivity contribution in [3.05, 3.63) is 51.7 Å². The van der Waals surface area contributed by atoms with Crippen molar-refractivity contribution in [2.24, 2.45) is 0 Å². The minimum atomic E-state index is -1.52. The molecule has 3 heterocycles. The van der Waals surface area contributed by atoms with Gasteiger partial charge >= 0.3 is 5.69 Å². The molecule has 132 valence electrons. The summed E-state index contributed by atoms with van der Waals surface area (Å²) in [5.41, 5.74) is -0.284. The van der Waals surface area contributed by atoms with E-state index in [1.165, 1.54) is 0 Å². The first-order valence-corrected chi connectivity index (χ1v) is 8.17. The van der Waals surface area contributed by atoms with E-state index in [1.807, 2.05) is 0 Å². The normalized spacial score (nSPS) is 18.8. The first-order chi connectivity index (χ1) is 12.0. The lowest BCUT2D eigenvalue weighted by molar-refractivity contribution is 0.289. The van der Waals surface area contributed by atoms with E-state index < -0.39 is 23.1 Å². The average molecular weight is 351 g/mol. The van der Waals surface area contributed by atoms with Crippen LogP contribution < -0.4 is 15.3 Å². The monoisotopic (exact) mass is 351 g/mol. The number of aromatic nitrogens is 2. The summed E-state index contributed by atoms with van der Waals surface area (Å²) < 4.78 is 46.5. The van der Waals surface area contributed by atoms with Gasteiger partial charge in [-0.2, -0.15) is 4.98 Å². The molecule has 2 aliphatic rings. The lowest BCUT2D eigenvalue weighted by atomic mass is 10.0. The van der Waals surface area contributed by atoms with Gasteiger partial charge < -0.3 is 9.64 Å². The Bertz CT molecular complexity index is 861. The van der Waals surface area contributed by atoms with Crippen LogP contribution in [0, 0.1) is 17.5 Å². The third kappa shape index (κ3) is 2.85. The first kappa shape index (κ1) is 16.0. The Hall–Kier alpha value is -2.51. The molecule has 0 bridgehead atoms. The summed E-state index contributed by atoms with van der Waals surface area (Å²) >= 11 is 0. The van der Waals surface area contributed by atoms with Crippen molar-refractivity contribution in [3.8, 4) is 5.88 Å². The van der Waals surface area contributed by atoms with Crippen LogP contribution in [-0.4, -0.2) is 22.1 Å². The number of piperidine rings is 1. The molecule has 0 aliphatic carbocycles. The molecule has 0 spiro atoms. The van der Waals surface area contributed by atoms with Crippen LogP contribution in [0.2, 0.25) is 0 Å². The molecule has 5 nitrogen and oxygen atoms in total. The van der Waals surface area contributed by atoms with Crippen molar-refractivity contribution >= 4 is 5.82 Å². The Kier molecular flexibility index (Phi) is 3.89. The predicted octanol–water partition coefficient (Wildman–Crippen LogP) is 2.61. The summed E-state index contributed by atoms with van der Waals surface area (Å²) in [5.74, 6) is -3.23. The smallest absolute Gasteiger partial charge is 0.352 e. The first-order valence-electron chi connectivity index (χ1n) is 8.17. The van der Waals surface area contributed by atoms with Crippen LogP contribution in [0.5, 0.6) is 5.88 Å². The van der Waals surface area contributed by atoms with Crippen LogP contribution in [0.15, 0.2) is 23.0 Å². The molecule has 2 aromatic rings. The van der Waals surface area contributed by atoms with Crippen LogP contribution in [0.1, 0.15) is 24.8 Å². The van der Waals surface area contributed by atoms with Gasteiger partial charge in [0, 0.05) is 25.2 Å². The molecule has 1 saturated heterocycles. The van der Waals surface area contributed by atoms with Crippen molar-refractivity contribution in [2.45, 2.75) is 38.5 Å². The van der Waals surface area contributed by atoms with E-state index in [9.17, 15) is 18.0 Å². The lowest BCUT2D eigenvalue weighted by Crippen LogP contribution is -2.36. The van der Waals surface area contributed by atoms with Gasteiger partial charge in [-0.15, -0.1) is 0 Å². The molecule has 1 aromatic carbocycles. The zero-order valence-electron chi connectivity index (χ0n) is 13.3. The summed E-state index contributed by atoms with van der Waals surface area (Å²) in [6.07, 6.45) is 3.24. The molecule has 1 fully saturated rings. The van der Waals surface area contributed by atoms with Gasteiger partial charge in [-0.3, -0.25) is 4.57 Å². The fourth-order valence-electron chi connectivity index (χ4n) is 3.51. The van der Waals surface area contributed by atoms with E-state index in [0.29, 0.717) is 12.6 Å². The fourth-order valence-corrected chi connectivity index (χ4v) is 3.51. The highest BCUT2D eigenvalue weighted by molar-refractivity contribution is 5.47. The molecule has 25 heavy (non-hydrogen) atoms. The van der Waals surface area contributed by atoms with E-state index in [1.54, 1.807) is 10.6 Å². The molecule has 1 aromatic heterocycles. The van der Waals surface area contributed by atoms with Gasteiger partial charge in [-0.25, -0.2) is 18.0 Å². The fraction of sp³-hybridized carbons (Fsp3) is 0.412. The van der Waals surface area contributed by atoms with Gasteiger partial charge in [-0.05, 0) is 37.0 Å². The number of hydrogen-bond donors (Lipinski definition) is 0. The van der Waals surface area contributed by atoms with Crippen molar-refractivity contribution in [3.63, 3.8) is 0 Å². The number of halogens is 3. The Morgan fingerprint density at radius 3 is 2.68 bits per heavy atom. The Labute approximate surface area is 141 Å². The summed E-state index contributed by atoms with van der Waals surface area (Å²) in [6, 6.07) is 3.69. The Balaban J connectivity index is 1.57. The van der Waals surface area contributed by atoms with Crippen molar-refractivity contribution in [1.82, 2.24) is 9.55 Å². The zero-order chi connectivity index (χ0) is 17.6. The number of ether oxygens (including phenoxy) is 1. The number of fused-ring (bicyclic) bond motifs is 3. The third-order valence-electron chi connectivity index (χ3n) is 4.71. The van der Waals surface area contributed by atoms with Gasteiger partial charge in [0.1, 0.15) is 12.4 Å². The maximum atomic E-state index is 13.2. The van der Waals surface area contributed by atoms with E-state index in [2.05, 4.69) is 9.88 Å². The maximum absolute atomic E-state index is 13.2. The second-order valence-electron chi connectivity index (χ2n) is 6.35. The second-order valence-corrected chi connectivity index (χ2v) is 6.35. The highest BCUT2D eigenvalue weighted by Gasteiger charge is 2.32. The topological polar surface area (TPSA) is 47.4 Å². The van der Waals surface area contributed by atoms with Gasteiger partial charge in [-0.1, -0.05) is 0 Å². The quantitative estimate of drug-likeness (QED) is 0.798. The summed E-state index contributed by atoms with van der Waals surface area (Å²) in [5, 5.41) is 0. The summed E-state index contributed by atoms with van der Waals surface area (Å²) in [7, 11) is 0. The lowest BCUT2D eigenvalue weighted by Gasteiger charge is -2.30. The molecule has 8 heteroatoms. The molecule has 0 saturated carbocycles. The zero-order valence-corrected chi connectivity index (χ0v) is 13.3. The second kappa shape index (κ2) is 6.09. The Morgan fingerprint density at radius 2 is 1.92 bits per heavy atom. The van der Waals surface area contributed by atoms with E-state index >= 15 is 0 Å². The maximum Gasteiger partial charge on any atom is 0.352 e. The largest absolute Gasteiger partial charge is 0.473 e. The van der Waals surface area contributed by atoms with Gasteiger partial charge in [0.25, 0.3) is 0 Å².